The first-order chi connectivity index (χ1) is 15.5. The molecule has 0 bridgehead atoms. The molecule has 0 aromatic heterocycles. The summed E-state index contributed by atoms with van der Waals surface area (Å²) in [4.78, 5) is 25.9. The summed E-state index contributed by atoms with van der Waals surface area (Å²) < 4.78 is 15.9. The summed E-state index contributed by atoms with van der Waals surface area (Å²) in [5.74, 6) is 0.159. The van der Waals surface area contributed by atoms with E-state index in [0.29, 0.717) is 22.7 Å². The first-order valence-corrected chi connectivity index (χ1v) is 11.5. The number of esters is 1. The van der Waals surface area contributed by atoms with Crippen LogP contribution in [-0.2, 0) is 24.8 Å². The van der Waals surface area contributed by atoms with Gasteiger partial charge in [-0.15, -0.1) is 11.8 Å². The van der Waals surface area contributed by atoms with Gasteiger partial charge in [0.1, 0.15) is 12.4 Å². The zero-order chi connectivity index (χ0) is 22.7. The highest BCUT2D eigenvalue weighted by molar-refractivity contribution is 7.98. The monoisotopic (exact) mass is 451 g/mol. The van der Waals surface area contributed by atoms with Crippen LogP contribution < -0.4 is 5.32 Å². The largest absolute Gasteiger partial charge is 0.513 e. The van der Waals surface area contributed by atoms with Crippen molar-refractivity contribution in [3.63, 3.8) is 0 Å². The first kappa shape index (κ1) is 22.0. The lowest BCUT2D eigenvalue weighted by molar-refractivity contribution is -0.136. The van der Waals surface area contributed by atoms with E-state index in [0.717, 1.165) is 16.2 Å². The summed E-state index contributed by atoms with van der Waals surface area (Å²) in [6.45, 7) is 6.00. The lowest BCUT2D eigenvalue weighted by Crippen LogP contribution is -2.28. The molecule has 2 aromatic rings. The van der Waals surface area contributed by atoms with Crippen LogP contribution in [0.1, 0.15) is 36.5 Å². The van der Waals surface area contributed by atoms with Crippen LogP contribution in [0.4, 0.5) is 4.79 Å². The molecule has 2 aliphatic heterocycles. The molecule has 7 heteroatoms. The van der Waals surface area contributed by atoms with Crippen molar-refractivity contribution in [2.45, 2.75) is 37.3 Å². The van der Waals surface area contributed by atoms with Crippen LogP contribution in [0.3, 0.4) is 0 Å². The summed E-state index contributed by atoms with van der Waals surface area (Å²) in [6, 6.07) is 16.2. The second kappa shape index (κ2) is 9.53. The highest BCUT2D eigenvalue weighted by Crippen LogP contribution is 2.44. The van der Waals surface area contributed by atoms with Gasteiger partial charge in [-0.3, -0.25) is 0 Å². The summed E-state index contributed by atoms with van der Waals surface area (Å²) in [6.07, 6.45) is -0.797. The molecule has 32 heavy (non-hydrogen) atoms. The molecule has 0 saturated heterocycles. The van der Waals surface area contributed by atoms with Crippen LogP contribution in [0.25, 0.3) is 0 Å². The molecule has 4 rings (SSSR count). The predicted molar refractivity (Wildman–Crippen MR) is 122 cm³/mol. The third-order valence-electron chi connectivity index (χ3n) is 5.48. The Labute approximate surface area is 191 Å². The number of thioether (sulfide) groups is 1. The van der Waals surface area contributed by atoms with Crippen LogP contribution >= 0.6 is 11.8 Å². The van der Waals surface area contributed by atoms with Crippen molar-refractivity contribution < 1.29 is 23.8 Å². The molecule has 1 N–H and O–H groups in total. The third-order valence-corrected chi connectivity index (χ3v) is 6.62. The Morgan fingerprint density at radius 2 is 1.91 bits per heavy atom. The summed E-state index contributed by atoms with van der Waals surface area (Å²) >= 11 is 1.69. The number of carbonyl (C=O) groups is 2. The molecule has 166 valence electrons. The average molecular weight is 452 g/mol. The molecule has 0 saturated carbocycles. The van der Waals surface area contributed by atoms with Crippen LogP contribution in [0.5, 0.6) is 0 Å². The van der Waals surface area contributed by atoms with Gasteiger partial charge in [-0.1, -0.05) is 42.5 Å². The van der Waals surface area contributed by atoms with Crippen molar-refractivity contribution in [2.24, 2.45) is 0 Å². The van der Waals surface area contributed by atoms with E-state index in [1.807, 2.05) is 43.3 Å². The predicted octanol–water partition coefficient (Wildman–Crippen LogP) is 5.19. The second-order valence-electron chi connectivity index (χ2n) is 7.55. The number of nitrogens with one attached hydrogen (secondary N) is 1. The molecule has 1 atom stereocenters. The van der Waals surface area contributed by atoms with Crippen molar-refractivity contribution in [1.82, 2.24) is 5.32 Å². The van der Waals surface area contributed by atoms with Crippen LogP contribution in [0.2, 0.25) is 0 Å². The number of dihydropyridines is 1. The SMILES string of the molecule is CCOC(=O)OC1=C(C)NC2=C(C(=O)OC2)C1c1ccccc1SCc1ccccc1C. The number of rotatable bonds is 6. The molecule has 0 amide bonds. The number of benzene rings is 2. The maximum atomic E-state index is 12.7. The van der Waals surface area contributed by atoms with E-state index in [1.54, 1.807) is 18.7 Å². The fourth-order valence-electron chi connectivity index (χ4n) is 3.89. The van der Waals surface area contributed by atoms with Crippen molar-refractivity contribution in [3.8, 4) is 0 Å². The highest BCUT2D eigenvalue weighted by Gasteiger charge is 2.41. The Morgan fingerprint density at radius 1 is 1.16 bits per heavy atom. The van der Waals surface area contributed by atoms with Gasteiger partial charge in [-0.2, -0.15) is 0 Å². The van der Waals surface area contributed by atoms with E-state index in [-0.39, 0.29) is 13.2 Å². The van der Waals surface area contributed by atoms with Crippen molar-refractivity contribution >= 4 is 23.9 Å². The first-order valence-electron chi connectivity index (χ1n) is 10.5. The van der Waals surface area contributed by atoms with E-state index in [4.69, 9.17) is 14.2 Å². The number of aryl methyl sites for hydroxylation is 1. The van der Waals surface area contributed by atoms with Crippen LogP contribution in [-0.4, -0.2) is 25.3 Å². The number of carbonyl (C=O) groups excluding carboxylic acids is 2. The van der Waals surface area contributed by atoms with Crippen molar-refractivity contribution in [1.29, 1.82) is 0 Å². The van der Waals surface area contributed by atoms with Gasteiger partial charge in [0.25, 0.3) is 0 Å². The van der Waals surface area contributed by atoms with Gasteiger partial charge in [0.15, 0.2) is 0 Å². The zero-order valence-corrected chi connectivity index (χ0v) is 19.1. The Kier molecular flexibility index (Phi) is 6.55. The van der Waals surface area contributed by atoms with Crippen LogP contribution in [0.15, 0.2) is 76.2 Å². The lowest BCUT2D eigenvalue weighted by atomic mass is 9.85. The highest BCUT2D eigenvalue weighted by atomic mass is 32.2. The summed E-state index contributed by atoms with van der Waals surface area (Å²) in [7, 11) is 0. The minimum atomic E-state index is -0.797. The van der Waals surface area contributed by atoms with Gasteiger partial charge in [0.2, 0.25) is 0 Å². The van der Waals surface area contributed by atoms with Gasteiger partial charge in [0.05, 0.1) is 29.5 Å². The molecule has 6 nitrogen and oxygen atoms in total. The topological polar surface area (TPSA) is 73.9 Å². The minimum Gasteiger partial charge on any atom is -0.456 e. The molecule has 0 aliphatic carbocycles. The van der Waals surface area contributed by atoms with Crippen molar-refractivity contribution in [2.75, 3.05) is 13.2 Å². The fraction of sp³-hybridized carbons (Fsp3) is 0.280. The molecular formula is C25H25NO5S. The maximum absolute atomic E-state index is 12.7. The number of hydrogen-bond acceptors (Lipinski definition) is 7. The normalized spacial score (nSPS) is 17.6. The van der Waals surface area contributed by atoms with Crippen LogP contribution in [0, 0.1) is 6.92 Å². The summed E-state index contributed by atoms with van der Waals surface area (Å²) in [5.41, 5.74) is 5.18. The van der Waals surface area contributed by atoms with E-state index in [1.165, 1.54) is 11.1 Å². The Hall–Kier alpha value is -3.19. The third kappa shape index (κ3) is 4.39. The van der Waals surface area contributed by atoms with Gasteiger partial charge in [-0.25, -0.2) is 9.59 Å². The Morgan fingerprint density at radius 3 is 2.69 bits per heavy atom. The lowest BCUT2D eigenvalue weighted by Gasteiger charge is -2.28. The standard InChI is InChI=1S/C25H25NO5S/c1-4-29-25(28)31-23-16(3)26-19-13-30-24(27)22(19)21(23)18-11-7-8-12-20(18)32-14-17-10-6-5-9-15(17)2/h5-12,21,26H,4,13-14H2,1-3H3. The van der Waals surface area contributed by atoms with E-state index in [9.17, 15) is 9.59 Å². The fourth-order valence-corrected chi connectivity index (χ4v) is 5.06. The van der Waals surface area contributed by atoms with Gasteiger partial charge < -0.3 is 19.5 Å². The van der Waals surface area contributed by atoms with Gasteiger partial charge in [0, 0.05) is 10.6 Å². The maximum Gasteiger partial charge on any atom is 0.513 e. The molecule has 0 spiro atoms. The summed E-state index contributed by atoms with van der Waals surface area (Å²) in [5, 5.41) is 3.16. The van der Waals surface area contributed by atoms with E-state index in [2.05, 4.69) is 24.4 Å². The molecule has 0 fully saturated rings. The average Bonchev–Trinajstić information content (AvgIpc) is 3.14. The number of cyclic esters (lactones) is 1. The second-order valence-corrected chi connectivity index (χ2v) is 8.57. The molecule has 2 heterocycles. The van der Waals surface area contributed by atoms with Gasteiger partial charge in [-0.05, 0) is 43.5 Å². The Balaban J connectivity index is 1.73. The number of hydrogen-bond donors (Lipinski definition) is 1. The molecule has 2 aliphatic rings. The van der Waals surface area contributed by atoms with Gasteiger partial charge >= 0.3 is 12.1 Å². The molecular weight excluding hydrogens is 426 g/mol. The smallest absolute Gasteiger partial charge is 0.456 e. The molecule has 0 radical (unpaired) electrons. The number of ether oxygens (including phenoxy) is 3. The van der Waals surface area contributed by atoms with E-state index < -0.39 is 18.0 Å². The number of allylic oxidation sites excluding steroid dienone is 2. The quantitative estimate of drug-likeness (QED) is 0.479. The van der Waals surface area contributed by atoms with Crippen molar-refractivity contribution in [3.05, 3.63) is 87.9 Å². The molecule has 2 aromatic carbocycles. The Bertz CT molecular complexity index is 1120. The zero-order valence-electron chi connectivity index (χ0n) is 18.3. The molecule has 1 unspecified atom stereocenters. The van der Waals surface area contributed by atoms with E-state index >= 15 is 0 Å². The minimum absolute atomic E-state index is 0.174.